The Morgan fingerprint density at radius 1 is 0.667 bits per heavy atom. The van der Waals surface area contributed by atoms with Gasteiger partial charge in [0.25, 0.3) is 0 Å². The molecule has 0 aliphatic rings. The summed E-state index contributed by atoms with van der Waals surface area (Å²) >= 11 is 0. The van der Waals surface area contributed by atoms with Crippen LogP contribution in [0.5, 0.6) is 0 Å². The molecular weight excluding hydrogens is 228 g/mol. The molecule has 2 aromatic rings. The van der Waals surface area contributed by atoms with Gasteiger partial charge in [-0.2, -0.15) is 0 Å². The van der Waals surface area contributed by atoms with Crippen molar-refractivity contribution < 1.29 is 0 Å². The van der Waals surface area contributed by atoms with Gasteiger partial charge in [0.1, 0.15) is 0 Å². The van der Waals surface area contributed by atoms with Crippen LogP contribution < -0.4 is 20.7 Å². The molecule has 0 saturated heterocycles. The zero-order chi connectivity index (χ0) is 10.7. The standard InChI is InChI=1S/C12H16Si3/c13-9-5-1-3-7-11(9)15-12-8-4-2-6-10(12)14/h1-8H,15H2,13-14H3. The quantitative estimate of drug-likeness (QED) is 0.488. The zero-order valence-electron chi connectivity index (χ0n) is 9.33. The lowest BCUT2D eigenvalue weighted by atomic mass is 10.3. The predicted molar refractivity (Wildman–Crippen MR) is 79.8 cm³/mol. The summed E-state index contributed by atoms with van der Waals surface area (Å²) in [4.78, 5) is 0. The van der Waals surface area contributed by atoms with Crippen LogP contribution in [0.4, 0.5) is 0 Å². The lowest BCUT2D eigenvalue weighted by molar-refractivity contribution is 1.80. The fourth-order valence-corrected chi connectivity index (χ4v) is 5.31. The molecule has 0 radical (unpaired) electrons. The van der Waals surface area contributed by atoms with Crippen molar-refractivity contribution in [2.24, 2.45) is 0 Å². The minimum Gasteiger partial charge on any atom is -0.0717 e. The maximum atomic E-state index is 2.32. The van der Waals surface area contributed by atoms with Gasteiger partial charge in [-0.15, -0.1) is 0 Å². The minimum atomic E-state index is -0.223. The molecule has 15 heavy (non-hydrogen) atoms. The molecule has 2 aromatic carbocycles. The zero-order valence-corrected chi connectivity index (χ0v) is 14.7. The molecule has 76 valence electrons. The van der Waals surface area contributed by atoms with Gasteiger partial charge in [0.05, 0.1) is 9.52 Å². The lowest BCUT2D eigenvalue weighted by Gasteiger charge is -2.07. The van der Waals surface area contributed by atoms with E-state index in [1.807, 2.05) is 0 Å². The van der Waals surface area contributed by atoms with Crippen LogP contribution in [0.15, 0.2) is 48.5 Å². The average molecular weight is 245 g/mol. The van der Waals surface area contributed by atoms with Crippen LogP contribution in [0.1, 0.15) is 0 Å². The Labute approximate surface area is 99.4 Å². The van der Waals surface area contributed by atoms with Crippen molar-refractivity contribution >= 4 is 50.8 Å². The molecule has 0 saturated carbocycles. The molecule has 0 N–H and O–H groups in total. The summed E-state index contributed by atoms with van der Waals surface area (Å²) in [6.45, 7) is 0. The lowest BCUT2D eigenvalue weighted by Crippen LogP contribution is -2.43. The van der Waals surface area contributed by atoms with E-state index in [9.17, 15) is 0 Å². The molecule has 0 unspecified atom stereocenters. The molecule has 0 aromatic heterocycles. The molecule has 0 amide bonds. The van der Waals surface area contributed by atoms with E-state index in [1.54, 1.807) is 20.7 Å². The van der Waals surface area contributed by atoms with Crippen molar-refractivity contribution in [1.82, 2.24) is 0 Å². The molecule has 0 aliphatic heterocycles. The third-order valence-corrected chi connectivity index (χ3v) is 8.62. The van der Waals surface area contributed by atoms with Crippen LogP contribution in [-0.2, 0) is 0 Å². The van der Waals surface area contributed by atoms with Crippen LogP contribution in [-0.4, -0.2) is 30.0 Å². The van der Waals surface area contributed by atoms with Gasteiger partial charge in [-0.1, -0.05) is 69.3 Å². The summed E-state index contributed by atoms with van der Waals surface area (Å²) in [6.07, 6.45) is 0. The van der Waals surface area contributed by atoms with Gasteiger partial charge in [-0.3, -0.25) is 0 Å². The smallest absolute Gasteiger partial charge is 0.0717 e. The highest BCUT2D eigenvalue weighted by atomic mass is 28.2. The number of hydrogen-bond donors (Lipinski definition) is 0. The molecule has 0 bridgehead atoms. The van der Waals surface area contributed by atoms with E-state index >= 15 is 0 Å². The molecule has 0 fully saturated rings. The van der Waals surface area contributed by atoms with Crippen LogP contribution in [0, 0.1) is 0 Å². The van der Waals surface area contributed by atoms with Gasteiger partial charge >= 0.3 is 0 Å². The van der Waals surface area contributed by atoms with Crippen LogP contribution >= 0.6 is 0 Å². The van der Waals surface area contributed by atoms with E-state index in [0.29, 0.717) is 0 Å². The highest BCUT2D eigenvalue weighted by Crippen LogP contribution is 1.81. The van der Waals surface area contributed by atoms with E-state index in [0.717, 1.165) is 0 Å². The van der Waals surface area contributed by atoms with Crippen molar-refractivity contribution in [3.8, 4) is 0 Å². The van der Waals surface area contributed by atoms with Gasteiger partial charge < -0.3 is 0 Å². The summed E-state index contributed by atoms with van der Waals surface area (Å²) < 4.78 is 0. The summed E-state index contributed by atoms with van der Waals surface area (Å²) in [5.41, 5.74) is 0. The number of benzene rings is 2. The van der Waals surface area contributed by atoms with Gasteiger partial charge in [0, 0.05) is 20.5 Å². The number of hydrogen-bond acceptors (Lipinski definition) is 0. The maximum absolute atomic E-state index is 2.32. The van der Waals surface area contributed by atoms with Crippen molar-refractivity contribution in [1.29, 1.82) is 0 Å². The van der Waals surface area contributed by atoms with Gasteiger partial charge in [-0.25, -0.2) is 0 Å². The summed E-state index contributed by atoms with van der Waals surface area (Å²) in [5, 5.41) is 6.48. The van der Waals surface area contributed by atoms with Gasteiger partial charge in [-0.05, 0) is 0 Å². The Hall–Kier alpha value is -0.909. The fourth-order valence-electron chi connectivity index (χ4n) is 1.82. The molecule has 3 heteroatoms. The predicted octanol–water partition coefficient (Wildman–Crippen LogP) is -3.21. The minimum absolute atomic E-state index is 0.223. The third kappa shape index (κ3) is 2.56. The average Bonchev–Trinajstić information content (AvgIpc) is 2.24. The first-order chi connectivity index (χ1) is 7.27. The first-order valence-electron chi connectivity index (χ1n) is 5.36. The topological polar surface area (TPSA) is 0 Å². The Morgan fingerprint density at radius 3 is 1.47 bits per heavy atom. The van der Waals surface area contributed by atoms with E-state index < -0.39 is 0 Å². The Kier molecular flexibility index (Phi) is 3.35. The molecule has 0 atom stereocenters. The summed E-state index contributed by atoms with van der Waals surface area (Å²) in [7, 11) is 2.14. The second kappa shape index (κ2) is 4.74. The number of rotatable bonds is 2. The SMILES string of the molecule is [SiH3]c1ccccc1[SiH2]c1ccccc1[SiH3]. The molecule has 0 aliphatic carbocycles. The molecule has 0 heterocycles. The Morgan fingerprint density at radius 2 is 1.07 bits per heavy atom. The van der Waals surface area contributed by atoms with E-state index in [4.69, 9.17) is 0 Å². The first-order valence-corrected chi connectivity index (χ1v) is 8.78. The van der Waals surface area contributed by atoms with E-state index in [-0.39, 0.29) is 9.52 Å². The van der Waals surface area contributed by atoms with Gasteiger partial charge in [0.2, 0.25) is 0 Å². The third-order valence-electron chi connectivity index (χ3n) is 2.90. The summed E-state index contributed by atoms with van der Waals surface area (Å²) in [5.74, 6) is 0. The second-order valence-corrected chi connectivity index (χ2v) is 8.06. The largest absolute Gasteiger partial charge is 0.0871 e. The van der Waals surface area contributed by atoms with Crippen molar-refractivity contribution in [3.63, 3.8) is 0 Å². The van der Waals surface area contributed by atoms with Crippen LogP contribution in [0.25, 0.3) is 0 Å². The highest BCUT2D eigenvalue weighted by Gasteiger charge is 2.01. The Bertz CT molecular complexity index is 422. The van der Waals surface area contributed by atoms with E-state index in [1.165, 1.54) is 20.5 Å². The normalized spacial score (nSPS) is 11.5. The highest BCUT2D eigenvalue weighted by molar-refractivity contribution is 6.74. The molecule has 0 spiro atoms. The molecule has 0 nitrogen and oxygen atoms in total. The summed E-state index contributed by atoms with van der Waals surface area (Å²) in [6, 6.07) is 17.9. The monoisotopic (exact) mass is 244 g/mol. The van der Waals surface area contributed by atoms with Crippen LogP contribution in [0.3, 0.4) is 0 Å². The van der Waals surface area contributed by atoms with Crippen LogP contribution in [0.2, 0.25) is 0 Å². The van der Waals surface area contributed by atoms with E-state index in [2.05, 4.69) is 48.5 Å². The van der Waals surface area contributed by atoms with Gasteiger partial charge in [0.15, 0.2) is 0 Å². The second-order valence-electron chi connectivity index (χ2n) is 4.03. The van der Waals surface area contributed by atoms with Crippen molar-refractivity contribution in [2.45, 2.75) is 0 Å². The molecular formula is C12H16Si3. The van der Waals surface area contributed by atoms with Crippen molar-refractivity contribution in [3.05, 3.63) is 48.5 Å². The first kappa shape index (κ1) is 10.6. The fraction of sp³-hybridized carbons (Fsp3) is 0. The Balaban J connectivity index is 2.30. The maximum Gasteiger partial charge on any atom is 0.0871 e. The van der Waals surface area contributed by atoms with Crippen molar-refractivity contribution in [2.75, 3.05) is 0 Å². The molecule has 2 rings (SSSR count).